The molecule has 0 atom stereocenters. The Bertz CT molecular complexity index is 754. The lowest BCUT2D eigenvalue weighted by Crippen LogP contribution is -2.29. The summed E-state index contributed by atoms with van der Waals surface area (Å²) in [6.07, 6.45) is 4.08. The van der Waals surface area contributed by atoms with Crippen LogP contribution in [0.15, 0.2) is 24.4 Å². The number of nitrogens with one attached hydrogen (secondary N) is 1. The largest absolute Gasteiger partial charge is 0.491 e. The highest BCUT2D eigenvalue weighted by atomic mass is 16.5. The van der Waals surface area contributed by atoms with E-state index in [4.69, 9.17) is 4.65 Å². The van der Waals surface area contributed by atoms with Gasteiger partial charge in [-0.1, -0.05) is 6.07 Å². The monoisotopic (exact) mass is 297 g/mol. The third-order valence-electron chi connectivity index (χ3n) is 4.14. The molecule has 2 aliphatic rings. The molecular formula is C15H16BN3O3. The molecule has 2 N–H and O–H groups in total. The fourth-order valence-corrected chi connectivity index (χ4v) is 2.81. The highest BCUT2D eigenvalue weighted by molar-refractivity contribution is 6.61. The van der Waals surface area contributed by atoms with Crippen molar-refractivity contribution in [2.45, 2.75) is 25.4 Å². The molecule has 1 aliphatic carbocycles. The molecule has 1 saturated carbocycles. The van der Waals surface area contributed by atoms with Gasteiger partial charge in [-0.3, -0.25) is 9.48 Å². The van der Waals surface area contributed by atoms with Crippen molar-refractivity contribution in [2.75, 3.05) is 5.32 Å². The molecule has 1 amide bonds. The average Bonchev–Trinajstić information content (AvgIpc) is 3.20. The SMILES string of the molecule is Cn1cc(NC(=O)c2ccc3c(c2)B(O)OC3)c(C2CC2)n1. The number of hydrogen-bond donors (Lipinski definition) is 2. The summed E-state index contributed by atoms with van der Waals surface area (Å²) in [5.41, 5.74) is 3.83. The second-order valence-corrected chi connectivity index (χ2v) is 5.91. The van der Waals surface area contributed by atoms with Gasteiger partial charge in [0.25, 0.3) is 5.91 Å². The zero-order valence-corrected chi connectivity index (χ0v) is 12.2. The van der Waals surface area contributed by atoms with E-state index in [1.54, 1.807) is 16.8 Å². The number of nitrogens with zero attached hydrogens (tertiary/aromatic N) is 2. The Hall–Kier alpha value is -2.12. The van der Waals surface area contributed by atoms with Crippen molar-refractivity contribution in [2.24, 2.45) is 7.05 Å². The van der Waals surface area contributed by atoms with E-state index in [9.17, 15) is 9.82 Å². The number of hydrogen-bond acceptors (Lipinski definition) is 4. The Morgan fingerprint density at radius 2 is 2.32 bits per heavy atom. The van der Waals surface area contributed by atoms with Crippen molar-refractivity contribution < 1.29 is 14.5 Å². The molecule has 2 aromatic rings. The van der Waals surface area contributed by atoms with Gasteiger partial charge in [0.05, 0.1) is 18.0 Å². The molecule has 0 spiro atoms. The van der Waals surface area contributed by atoms with Crippen LogP contribution in [-0.4, -0.2) is 27.8 Å². The van der Waals surface area contributed by atoms with Crippen molar-refractivity contribution >= 4 is 24.2 Å². The maximum Gasteiger partial charge on any atom is 0.491 e. The van der Waals surface area contributed by atoms with Crippen molar-refractivity contribution in [3.8, 4) is 0 Å². The van der Waals surface area contributed by atoms with Crippen molar-refractivity contribution in [3.05, 3.63) is 41.2 Å². The fraction of sp³-hybridized carbons (Fsp3) is 0.333. The summed E-state index contributed by atoms with van der Waals surface area (Å²) in [6, 6.07) is 5.27. The lowest BCUT2D eigenvalue weighted by Gasteiger charge is -2.06. The number of carbonyl (C=O) groups excluding carboxylic acids is 1. The molecule has 0 radical (unpaired) electrons. The molecule has 6 nitrogen and oxygen atoms in total. The van der Waals surface area contributed by atoms with Gasteiger partial charge in [0.2, 0.25) is 0 Å². The zero-order valence-electron chi connectivity index (χ0n) is 12.2. The van der Waals surface area contributed by atoms with Crippen LogP contribution in [0, 0.1) is 0 Å². The first kappa shape index (κ1) is 13.5. The van der Waals surface area contributed by atoms with Crippen LogP contribution in [0.5, 0.6) is 0 Å². The number of aromatic nitrogens is 2. The number of rotatable bonds is 3. The molecule has 0 unspecified atom stereocenters. The minimum Gasteiger partial charge on any atom is -0.423 e. The van der Waals surface area contributed by atoms with Gasteiger partial charge < -0.3 is 15.0 Å². The van der Waals surface area contributed by atoms with Gasteiger partial charge in [-0.15, -0.1) is 0 Å². The first-order valence-corrected chi connectivity index (χ1v) is 7.39. The van der Waals surface area contributed by atoms with E-state index >= 15 is 0 Å². The molecule has 1 fully saturated rings. The smallest absolute Gasteiger partial charge is 0.423 e. The van der Waals surface area contributed by atoms with Crippen LogP contribution in [0.4, 0.5) is 5.69 Å². The summed E-state index contributed by atoms with van der Waals surface area (Å²) >= 11 is 0. The van der Waals surface area contributed by atoms with E-state index in [0.717, 1.165) is 29.8 Å². The van der Waals surface area contributed by atoms with Gasteiger partial charge in [0.1, 0.15) is 0 Å². The summed E-state index contributed by atoms with van der Waals surface area (Å²) in [5.74, 6) is 0.267. The molecule has 1 aromatic heterocycles. The van der Waals surface area contributed by atoms with Gasteiger partial charge >= 0.3 is 7.12 Å². The third-order valence-corrected chi connectivity index (χ3v) is 4.14. The van der Waals surface area contributed by atoms with Crippen LogP contribution in [0.3, 0.4) is 0 Å². The van der Waals surface area contributed by atoms with Gasteiger partial charge in [-0.2, -0.15) is 5.10 Å². The van der Waals surface area contributed by atoms with Crippen LogP contribution in [0.1, 0.15) is 40.4 Å². The van der Waals surface area contributed by atoms with Crippen molar-refractivity contribution in [1.82, 2.24) is 9.78 Å². The Kier molecular flexibility index (Phi) is 3.06. The maximum absolute atomic E-state index is 12.5. The van der Waals surface area contributed by atoms with Gasteiger partial charge in [-0.25, -0.2) is 0 Å². The lowest BCUT2D eigenvalue weighted by atomic mass is 9.79. The molecule has 7 heteroatoms. The highest BCUT2D eigenvalue weighted by Gasteiger charge is 2.31. The van der Waals surface area contributed by atoms with E-state index in [1.165, 1.54) is 0 Å². The standard InChI is InChI=1S/C15H16BN3O3/c1-19-7-13(14(18-19)9-2-3-9)17-15(20)10-4-5-11-8-22-16(21)12(11)6-10/h4-7,9,21H,2-3,8H2,1H3,(H,17,20). The summed E-state index contributed by atoms with van der Waals surface area (Å²) < 4.78 is 6.87. The van der Waals surface area contributed by atoms with Gasteiger partial charge in [-0.05, 0) is 36.0 Å². The topological polar surface area (TPSA) is 76.4 Å². The molecule has 1 aromatic carbocycles. The van der Waals surface area contributed by atoms with Crippen LogP contribution in [0.25, 0.3) is 0 Å². The lowest BCUT2D eigenvalue weighted by molar-refractivity contribution is 0.102. The Balaban J connectivity index is 1.59. The van der Waals surface area contributed by atoms with E-state index in [2.05, 4.69) is 10.4 Å². The normalized spacial score (nSPS) is 16.7. The predicted octanol–water partition coefficient (Wildman–Crippen LogP) is 0.767. The summed E-state index contributed by atoms with van der Waals surface area (Å²) in [6.45, 7) is 0.382. The van der Waals surface area contributed by atoms with E-state index in [-0.39, 0.29) is 5.91 Å². The van der Waals surface area contributed by atoms with Gasteiger partial charge in [0.15, 0.2) is 0 Å². The number of anilines is 1. The van der Waals surface area contributed by atoms with E-state index in [1.807, 2.05) is 19.3 Å². The molecule has 0 saturated heterocycles. The second-order valence-electron chi connectivity index (χ2n) is 5.91. The zero-order chi connectivity index (χ0) is 15.3. The molecule has 22 heavy (non-hydrogen) atoms. The summed E-state index contributed by atoms with van der Waals surface area (Å²) in [4.78, 5) is 12.5. The predicted molar refractivity (Wildman–Crippen MR) is 82.0 cm³/mol. The fourth-order valence-electron chi connectivity index (χ4n) is 2.81. The number of fused-ring (bicyclic) bond motifs is 1. The molecular weight excluding hydrogens is 281 g/mol. The first-order valence-electron chi connectivity index (χ1n) is 7.39. The summed E-state index contributed by atoms with van der Waals surface area (Å²) in [7, 11) is 0.910. The molecule has 0 bridgehead atoms. The highest BCUT2D eigenvalue weighted by Crippen LogP contribution is 2.42. The minimum absolute atomic E-state index is 0.197. The number of aryl methyl sites for hydroxylation is 1. The number of amides is 1. The number of benzene rings is 1. The van der Waals surface area contributed by atoms with E-state index < -0.39 is 7.12 Å². The first-order chi connectivity index (χ1) is 10.6. The van der Waals surface area contributed by atoms with Crippen LogP contribution >= 0.6 is 0 Å². The molecule has 1 aliphatic heterocycles. The summed E-state index contributed by atoms with van der Waals surface area (Å²) in [5, 5.41) is 17.1. The van der Waals surface area contributed by atoms with Gasteiger partial charge in [0, 0.05) is 24.7 Å². The average molecular weight is 297 g/mol. The Labute approximate surface area is 128 Å². The van der Waals surface area contributed by atoms with Crippen molar-refractivity contribution in [1.29, 1.82) is 0 Å². The molecule has 112 valence electrons. The quantitative estimate of drug-likeness (QED) is 0.820. The van der Waals surface area contributed by atoms with E-state index in [0.29, 0.717) is 23.6 Å². The number of carbonyl (C=O) groups is 1. The maximum atomic E-state index is 12.5. The van der Waals surface area contributed by atoms with Crippen LogP contribution in [-0.2, 0) is 18.3 Å². The molecule has 2 heterocycles. The Morgan fingerprint density at radius 3 is 3.09 bits per heavy atom. The second kappa shape index (κ2) is 4.96. The Morgan fingerprint density at radius 1 is 1.50 bits per heavy atom. The van der Waals surface area contributed by atoms with Crippen LogP contribution < -0.4 is 10.8 Å². The minimum atomic E-state index is -0.942. The third kappa shape index (κ3) is 2.32. The van der Waals surface area contributed by atoms with Crippen LogP contribution in [0.2, 0.25) is 0 Å². The molecule has 4 rings (SSSR count). The van der Waals surface area contributed by atoms with Crippen molar-refractivity contribution in [3.63, 3.8) is 0 Å².